The highest BCUT2D eigenvalue weighted by atomic mass is 16.5. The van der Waals surface area contributed by atoms with Gasteiger partial charge in [0.15, 0.2) is 0 Å². The van der Waals surface area contributed by atoms with Gasteiger partial charge in [0, 0.05) is 32.0 Å². The van der Waals surface area contributed by atoms with Gasteiger partial charge in [-0.3, -0.25) is 9.59 Å². The fourth-order valence-corrected chi connectivity index (χ4v) is 3.92. The van der Waals surface area contributed by atoms with Gasteiger partial charge in [0.05, 0.1) is 6.61 Å². The summed E-state index contributed by atoms with van der Waals surface area (Å²) in [6.07, 6.45) is 4.80. The summed E-state index contributed by atoms with van der Waals surface area (Å²) in [6.45, 7) is 5.69. The highest BCUT2D eigenvalue weighted by Gasteiger charge is 2.54. The van der Waals surface area contributed by atoms with Gasteiger partial charge in [-0.1, -0.05) is 6.58 Å². The van der Waals surface area contributed by atoms with Crippen molar-refractivity contribution >= 4 is 17.8 Å². The van der Waals surface area contributed by atoms with Crippen LogP contribution in [0.4, 0.5) is 0 Å². The van der Waals surface area contributed by atoms with Crippen molar-refractivity contribution in [3.63, 3.8) is 0 Å². The zero-order chi connectivity index (χ0) is 15.7. The van der Waals surface area contributed by atoms with E-state index in [4.69, 9.17) is 4.74 Å². The molecule has 22 heavy (non-hydrogen) atoms. The van der Waals surface area contributed by atoms with Crippen LogP contribution in [-0.2, 0) is 19.1 Å². The van der Waals surface area contributed by atoms with Crippen LogP contribution in [0.3, 0.4) is 0 Å². The fourth-order valence-electron chi connectivity index (χ4n) is 3.92. The zero-order valence-corrected chi connectivity index (χ0v) is 12.8. The average molecular weight is 306 g/mol. The number of carbonyl (C=O) groups is 3. The number of carbonyl (C=O) groups excluding carboxylic acids is 3. The average Bonchev–Trinajstić information content (AvgIpc) is 3.14. The first kappa shape index (κ1) is 15.1. The van der Waals surface area contributed by atoms with Crippen molar-refractivity contribution in [1.29, 1.82) is 0 Å². The Morgan fingerprint density at radius 1 is 1.23 bits per heavy atom. The lowest BCUT2D eigenvalue weighted by Crippen LogP contribution is -2.53. The Hall–Kier alpha value is -1.85. The third-order valence-corrected chi connectivity index (χ3v) is 5.21. The van der Waals surface area contributed by atoms with E-state index in [2.05, 4.69) is 6.58 Å². The van der Waals surface area contributed by atoms with Crippen LogP contribution in [0.1, 0.15) is 32.1 Å². The van der Waals surface area contributed by atoms with Crippen LogP contribution in [0.25, 0.3) is 0 Å². The highest BCUT2D eigenvalue weighted by Crippen LogP contribution is 2.39. The second-order valence-electron chi connectivity index (χ2n) is 6.31. The summed E-state index contributed by atoms with van der Waals surface area (Å²) < 4.78 is 5.12. The van der Waals surface area contributed by atoms with E-state index in [9.17, 15) is 14.4 Å². The maximum atomic E-state index is 12.8. The number of piperidine rings is 1. The molecule has 1 spiro atoms. The molecule has 0 aliphatic carbocycles. The number of hydrogen-bond donors (Lipinski definition) is 0. The highest BCUT2D eigenvalue weighted by molar-refractivity contribution is 5.91. The van der Waals surface area contributed by atoms with Crippen LogP contribution in [0.5, 0.6) is 0 Å². The molecule has 1 atom stereocenters. The number of ether oxygens (including phenoxy) is 1. The van der Waals surface area contributed by atoms with Gasteiger partial charge in [-0.05, 0) is 31.8 Å². The molecule has 2 amide bonds. The molecular formula is C16H22N2O4. The topological polar surface area (TPSA) is 66.9 Å². The number of esters is 1. The third-order valence-electron chi connectivity index (χ3n) is 5.21. The lowest BCUT2D eigenvalue weighted by Gasteiger charge is -2.37. The van der Waals surface area contributed by atoms with Gasteiger partial charge in [0.2, 0.25) is 11.8 Å². The minimum Gasteiger partial charge on any atom is -0.464 e. The van der Waals surface area contributed by atoms with Crippen molar-refractivity contribution in [2.75, 3.05) is 26.2 Å². The summed E-state index contributed by atoms with van der Waals surface area (Å²) in [4.78, 5) is 40.0. The minimum atomic E-state index is -0.703. The summed E-state index contributed by atoms with van der Waals surface area (Å²) in [5, 5.41) is 0. The Morgan fingerprint density at radius 2 is 1.95 bits per heavy atom. The predicted molar refractivity (Wildman–Crippen MR) is 78.8 cm³/mol. The van der Waals surface area contributed by atoms with Crippen LogP contribution < -0.4 is 0 Å². The molecule has 0 aromatic heterocycles. The van der Waals surface area contributed by atoms with Crippen molar-refractivity contribution in [3.8, 4) is 0 Å². The van der Waals surface area contributed by atoms with Crippen LogP contribution in [0.15, 0.2) is 12.7 Å². The second-order valence-corrected chi connectivity index (χ2v) is 6.31. The first-order chi connectivity index (χ1) is 10.6. The van der Waals surface area contributed by atoms with E-state index in [-0.39, 0.29) is 23.7 Å². The third kappa shape index (κ3) is 2.30. The van der Waals surface area contributed by atoms with Crippen LogP contribution in [0, 0.1) is 5.92 Å². The van der Waals surface area contributed by atoms with E-state index in [1.165, 1.54) is 6.08 Å². The Morgan fingerprint density at radius 3 is 2.55 bits per heavy atom. The summed E-state index contributed by atoms with van der Waals surface area (Å²) >= 11 is 0. The van der Waals surface area contributed by atoms with E-state index < -0.39 is 5.54 Å². The molecule has 6 nitrogen and oxygen atoms in total. The molecule has 3 fully saturated rings. The van der Waals surface area contributed by atoms with E-state index >= 15 is 0 Å². The molecule has 3 saturated heterocycles. The summed E-state index contributed by atoms with van der Waals surface area (Å²) in [6, 6.07) is 0. The molecule has 1 unspecified atom stereocenters. The van der Waals surface area contributed by atoms with Gasteiger partial charge in [0.25, 0.3) is 0 Å². The SMILES string of the molecule is C=CC(=O)N1CCC(C(=O)N2CCCC23CCOC3=O)CC1. The molecule has 3 aliphatic rings. The van der Waals surface area contributed by atoms with Gasteiger partial charge in [-0.25, -0.2) is 4.79 Å². The Bertz CT molecular complexity index is 506. The van der Waals surface area contributed by atoms with Crippen molar-refractivity contribution < 1.29 is 19.1 Å². The van der Waals surface area contributed by atoms with Crippen molar-refractivity contribution in [2.45, 2.75) is 37.6 Å². The summed E-state index contributed by atoms with van der Waals surface area (Å²) in [5.41, 5.74) is -0.703. The molecule has 0 saturated carbocycles. The molecule has 0 N–H and O–H groups in total. The van der Waals surface area contributed by atoms with E-state index in [0.29, 0.717) is 51.9 Å². The smallest absolute Gasteiger partial charge is 0.332 e. The first-order valence-electron chi connectivity index (χ1n) is 7.98. The largest absolute Gasteiger partial charge is 0.464 e. The Labute approximate surface area is 130 Å². The minimum absolute atomic E-state index is 0.0575. The maximum Gasteiger partial charge on any atom is 0.332 e. The lowest BCUT2D eigenvalue weighted by molar-refractivity contribution is -0.155. The molecule has 0 bridgehead atoms. The fraction of sp³-hybridized carbons (Fsp3) is 0.688. The van der Waals surface area contributed by atoms with Crippen LogP contribution in [0.2, 0.25) is 0 Å². The molecule has 0 aromatic carbocycles. The molecule has 0 aromatic rings. The molecule has 120 valence electrons. The van der Waals surface area contributed by atoms with Gasteiger partial charge < -0.3 is 14.5 Å². The van der Waals surface area contributed by atoms with E-state index in [0.717, 1.165) is 6.42 Å². The molecular weight excluding hydrogens is 284 g/mol. The number of amides is 2. The number of hydrogen-bond acceptors (Lipinski definition) is 4. The molecule has 3 aliphatic heterocycles. The van der Waals surface area contributed by atoms with Gasteiger partial charge in [0.1, 0.15) is 5.54 Å². The first-order valence-corrected chi connectivity index (χ1v) is 7.98. The number of nitrogens with zero attached hydrogens (tertiary/aromatic N) is 2. The molecule has 6 heteroatoms. The molecule has 3 heterocycles. The van der Waals surface area contributed by atoms with Gasteiger partial charge >= 0.3 is 5.97 Å². The van der Waals surface area contributed by atoms with Gasteiger partial charge in [-0.15, -0.1) is 0 Å². The number of cyclic esters (lactones) is 1. The van der Waals surface area contributed by atoms with Crippen LogP contribution in [-0.4, -0.2) is 59.4 Å². The number of rotatable bonds is 2. The maximum absolute atomic E-state index is 12.8. The van der Waals surface area contributed by atoms with Crippen LogP contribution >= 0.6 is 0 Å². The standard InChI is InChI=1S/C16H22N2O4/c1-2-13(19)17-9-4-12(5-10-17)14(20)18-8-3-6-16(18)7-11-22-15(16)21/h2,12H,1,3-11H2. The normalized spacial score (nSPS) is 29.0. The lowest BCUT2D eigenvalue weighted by atomic mass is 9.90. The molecule has 3 rings (SSSR count). The monoisotopic (exact) mass is 306 g/mol. The number of likely N-dealkylation sites (tertiary alicyclic amines) is 2. The second kappa shape index (κ2) is 5.74. The zero-order valence-electron chi connectivity index (χ0n) is 12.8. The predicted octanol–water partition coefficient (Wildman–Crippen LogP) is 0.719. The molecule has 0 radical (unpaired) electrons. The van der Waals surface area contributed by atoms with Gasteiger partial charge in [-0.2, -0.15) is 0 Å². The summed E-state index contributed by atoms with van der Waals surface area (Å²) in [5.74, 6) is -0.361. The van der Waals surface area contributed by atoms with E-state index in [1.807, 2.05) is 0 Å². The quantitative estimate of drug-likeness (QED) is 0.557. The van der Waals surface area contributed by atoms with E-state index in [1.54, 1.807) is 9.80 Å². The van der Waals surface area contributed by atoms with Crippen molar-refractivity contribution in [1.82, 2.24) is 9.80 Å². The Balaban J connectivity index is 1.66. The van der Waals surface area contributed by atoms with Crippen molar-refractivity contribution in [2.24, 2.45) is 5.92 Å². The summed E-state index contributed by atoms with van der Waals surface area (Å²) in [7, 11) is 0. The van der Waals surface area contributed by atoms with Crippen molar-refractivity contribution in [3.05, 3.63) is 12.7 Å². The Kier molecular flexibility index (Phi) is 3.93.